The van der Waals surface area contributed by atoms with Crippen molar-refractivity contribution in [2.75, 3.05) is 0 Å². The minimum Gasteiger partial charge on any atom is -0.0877 e. The molecule has 1 heterocycles. The maximum atomic E-state index is 2.18. The summed E-state index contributed by atoms with van der Waals surface area (Å²) in [5, 5.41) is 0. The van der Waals surface area contributed by atoms with E-state index in [0.29, 0.717) is 0 Å². The van der Waals surface area contributed by atoms with Gasteiger partial charge in [-0.2, -0.15) is 0 Å². The van der Waals surface area contributed by atoms with E-state index in [-0.39, 0.29) is 0 Å². The largest absolute Gasteiger partial charge is 0.0877 e. The van der Waals surface area contributed by atoms with Gasteiger partial charge >= 0.3 is 0 Å². The van der Waals surface area contributed by atoms with Crippen molar-refractivity contribution in [2.45, 2.75) is 61.1 Å². The molecule has 0 radical (unpaired) electrons. The smallest absolute Gasteiger partial charge is 0.0262 e. The first-order valence-electron chi connectivity index (χ1n) is 7.47. The van der Waals surface area contributed by atoms with E-state index in [0.717, 1.165) is 0 Å². The van der Waals surface area contributed by atoms with Gasteiger partial charge in [0.1, 0.15) is 0 Å². The standard InChI is InChI=1S/C12H8S2.3C2H6/c1-2-6-10-9(5-1)13-11-7-3-4-8-12(11)14-10;3*1-2/h1-8H;3*1-2H3. The molecule has 0 atom stereocenters. The van der Waals surface area contributed by atoms with Crippen LogP contribution in [0.5, 0.6) is 0 Å². The van der Waals surface area contributed by atoms with E-state index in [9.17, 15) is 0 Å². The van der Waals surface area contributed by atoms with Crippen LogP contribution in [0.1, 0.15) is 41.5 Å². The molecule has 0 fully saturated rings. The zero-order valence-electron chi connectivity index (χ0n) is 13.4. The highest BCUT2D eigenvalue weighted by Gasteiger charge is 2.14. The van der Waals surface area contributed by atoms with Gasteiger partial charge in [0, 0.05) is 19.6 Å². The van der Waals surface area contributed by atoms with E-state index in [1.807, 2.05) is 65.1 Å². The Labute approximate surface area is 133 Å². The molecule has 20 heavy (non-hydrogen) atoms. The van der Waals surface area contributed by atoms with Gasteiger partial charge in [0.25, 0.3) is 0 Å². The fraction of sp³-hybridized carbons (Fsp3) is 0.333. The molecular weight excluding hydrogens is 280 g/mol. The van der Waals surface area contributed by atoms with Gasteiger partial charge in [-0.05, 0) is 24.3 Å². The summed E-state index contributed by atoms with van der Waals surface area (Å²) in [4.78, 5) is 5.49. The number of fused-ring (bicyclic) bond motifs is 2. The Balaban J connectivity index is 0.000000538. The van der Waals surface area contributed by atoms with Gasteiger partial charge in [-0.25, -0.2) is 0 Å². The number of benzene rings is 2. The zero-order chi connectivity index (χ0) is 15.4. The van der Waals surface area contributed by atoms with Crippen molar-refractivity contribution in [1.29, 1.82) is 0 Å². The minimum atomic E-state index is 1.37. The maximum absolute atomic E-state index is 2.18. The first kappa shape index (κ1) is 19.1. The molecule has 0 nitrogen and oxygen atoms in total. The van der Waals surface area contributed by atoms with Gasteiger partial charge in [0.15, 0.2) is 0 Å². The fourth-order valence-corrected chi connectivity index (χ4v) is 3.71. The first-order valence-corrected chi connectivity index (χ1v) is 9.10. The lowest BCUT2D eigenvalue weighted by Gasteiger charge is -2.17. The van der Waals surface area contributed by atoms with E-state index in [1.54, 1.807) is 0 Å². The van der Waals surface area contributed by atoms with E-state index in [2.05, 4.69) is 48.5 Å². The molecule has 110 valence electrons. The lowest BCUT2D eigenvalue weighted by atomic mass is 10.3. The summed E-state index contributed by atoms with van der Waals surface area (Å²) in [6.07, 6.45) is 0. The van der Waals surface area contributed by atoms with Gasteiger partial charge in [0.05, 0.1) is 0 Å². The topological polar surface area (TPSA) is 0 Å². The lowest BCUT2D eigenvalue weighted by Crippen LogP contribution is -1.87. The van der Waals surface area contributed by atoms with Crippen LogP contribution in [0.3, 0.4) is 0 Å². The van der Waals surface area contributed by atoms with Gasteiger partial charge in [-0.15, -0.1) is 0 Å². The molecule has 0 bridgehead atoms. The average Bonchev–Trinajstić information content (AvgIpc) is 2.58. The normalized spacial score (nSPS) is 10.1. The summed E-state index contributed by atoms with van der Waals surface area (Å²) in [6.45, 7) is 12.0. The molecule has 0 spiro atoms. The van der Waals surface area contributed by atoms with Crippen molar-refractivity contribution in [3.05, 3.63) is 48.5 Å². The van der Waals surface area contributed by atoms with Crippen LogP contribution in [-0.2, 0) is 0 Å². The second-order valence-electron chi connectivity index (χ2n) is 3.10. The van der Waals surface area contributed by atoms with E-state index in [1.165, 1.54) is 19.6 Å². The van der Waals surface area contributed by atoms with Crippen molar-refractivity contribution in [2.24, 2.45) is 0 Å². The van der Waals surface area contributed by atoms with Crippen LogP contribution in [-0.4, -0.2) is 0 Å². The van der Waals surface area contributed by atoms with Crippen LogP contribution in [0, 0.1) is 0 Å². The third kappa shape index (κ3) is 5.26. The molecule has 2 aromatic carbocycles. The quantitative estimate of drug-likeness (QED) is 0.425. The lowest BCUT2D eigenvalue weighted by molar-refractivity contribution is 1.16. The predicted octanol–water partition coefficient (Wildman–Crippen LogP) is 7.38. The van der Waals surface area contributed by atoms with Gasteiger partial charge in [-0.3, -0.25) is 0 Å². The SMILES string of the molecule is CC.CC.CC.c1ccc2c(c1)Sc1ccccc1S2. The van der Waals surface area contributed by atoms with Crippen LogP contribution in [0.4, 0.5) is 0 Å². The molecule has 1 aliphatic heterocycles. The third-order valence-electron chi connectivity index (χ3n) is 2.14. The van der Waals surface area contributed by atoms with Gasteiger partial charge in [0.2, 0.25) is 0 Å². The molecule has 3 rings (SSSR count). The van der Waals surface area contributed by atoms with Crippen molar-refractivity contribution < 1.29 is 0 Å². The second kappa shape index (κ2) is 11.9. The van der Waals surface area contributed by atoms with Gasteiger partial charge < -0.3 is 0 Å². The Morgan fingerprint density at radius 1 is 0.450 bits per heavy atom. The summed E-state index contributed by atoms with van der Waals surface area (Å²) in [6, 6.07) is 17.1. The zero-order valence-corrected chi connectivity index (χ0v) is 15.1. The minimum absolute atomic E-state index is 1.37. The highest BCUT2D eigenvalue weighted by Crippen LogP contribution is 2.47. The molecule has 0 amide bonds. The van der Waals surface area contributed by atoms with Gasteiger partial charge in [-0.1, -0.05) is 89.3 Å². The van der Waals surface area contributed by atoms with Crippen LogP contribution in [0.25, 0.3) is 0 Å². The fourth-order valence-electron chi connectivity index (χ4n) is 1.47. The molecule has 0 aliphatic carbocycles. The number of hydrogen-bond donors (Lipinski definition) is 0. The van der Waals surface area contributed by atoms with Crippen molar-refractivity contribution >= 4 is 23.5 Å². The Hall–Kier alpha value is -0.860. The Morgan fingerprint density at radius 3 is 0.850 bits per heavy atom. The van der Waals surface area contributed by atoms with Crippen LogP contribution < -0.4 is 0 Å². The Morgan fingerprint density at radius 2 is 0.650 bits per heavy atom. The molecule has 0 aromatic heterocycles. The Bertz CT molecular complexity index is 391. The number of hydrogen-bond acceptors (Lipinski definition) is 2. The summed E-state index contributed by atoms with van der Waals surface area (Å²) in [7, 11) is 0. The summed E-state index contributed by atoms with van der Waals surface area (Å²) >= 11 is 3.72. The molecular formula is C18H26S2. The molecule has 0 saturated heterocycles. The van der Waals surface area contributed by atoms with Crippen molar-refractivity contribution in [3.8, 4) is 0 Å². The molecule has 1 aliphatic rings. The summed E-state index contributed by atoms with van der Waals surface area (Å²) in [5.74, 6) is 0. The molecule has 0 saturated carbocycles. The van der Waals surface area contributed by atoms with Crippen molar-refractivity contribution in [3.63, 3.8) is 0 Å². The molecule has 2 aromatic rings. The van der Waals surface area contributed by atoms with Crippen LogP contribution in [0.2, 0.25) is 0 Å². The highest BCUT2D eigenvalue weighted by atomic mass is 32.2. The maximum Gasteiger partial charge on any atom is 0.0262 e. The Kier molecular flexibility index (Phi) is 11.4. The third-order valence-corrected chi connectivity index (χ3v) is 4.70. The summed E-state index contributed by atoms with van der Waals surface area (Å²) < 4.78 is 0. The predicted molar refractivity (Wildman–Crippen MR) is 95.2 cm³/mol. The van der Waals surface area contributed by atoms with Crippen LogP contribution in [0.15, 0.2) is 68.1 Å². The van der Waals surface area contributed by atoms with Crippen LogP contribution >= 0.6 is 23.5 Å². The summed E-state index contributed by atoms with van der Waals surface area (Å²) in [5.41, 5.74) is 0. The van der Waals surface area contributed by atoms with E-state index in [4.69, 9.17) is 0 Å². The molecule has 0 N–H and O–H groups in total. The van der Waals surface area contributed by atoms with E-state index >= 15 is 0 Å². The van der Waals surface area contributed by atoms with Crippen molar-refractivity contribution in [1.82, 2.24) is 0 Å². The monoisotopic (exact) mass is 306 g/mol. The first-order chi connectivity index (χ1) is 9.93. The molecule has 2 heteroatoms. The highest BCUT2D eigenvalue weighted by molar-refractivity contribution is 8.05. The van der Waals surface area contributed by atoms with E-state index < -0.39 is 0 Å². The number of rotatable bonds is 0. The average molecular weight is 307 g/mol. The molecule has 0 unspecified atom stereocenters. The second-order valence-corrected chi connectivity index (χ2v) is 5.27.